The standard InChI is InChI=1S/C15H13F2N3O4S/c1-23-13-8-9(20(21)22)6-7-11(13)19-15(25)18-10-4-2-3-5-12(10)24-14(16)17/h2-8,14H,1H3,(H2,18,19,25). The molecule has 0 atom stereocenters. The van der Waals surface area contributed by atoms with E-state index in [0.717, 1.165) is 0 Å². The van der Waals surface area contributed by atoms with Crippen LogP contribution in [0.5, 0.6) is 11.5 Å². The molecule has 2 N–H and O–H groups in total. The molecule has 0 aliphatic heterocycles. The zero-order valence-electron chi connectivity index (χ0n) is 12.9. The third kappa shape index (κ3) is 4.98. The van der Waals surface area contributed by atoms with Crippen molar-refractivity contribution in [1.29, 1.82) is 0 Å². The third-order valence-electron chi connectivity index (χ3n) is 3.00. The van der Waals surface area contributed by atoms with Gasteiger partial charge in [0, 0.05) is 6.07 Å². The number of para-hydroxylation sites is 2. The second kappa shape index (κ2) is 8.20. The molecule has 132 valence electrons. The second-order valence-electron chi connectivity index (χ2n) is 4.60. The van der Waals surface area contributed by atoms with Crippen molar-refractivity contribution in [3.63, 3.8) is 0 Å². The molecule has 2 aromatic rings. The zero-order chi connectivity index (χ0) is 18.4. The van der Waals surface area contributed by atoms with Gasteiger partial charge in [0.05, 0.1) is 29.5 Å². The van der Waals surface area contributed by atoms with Crippen LogP contribution in [0.4, 0.5) is 25.8 Å². The van der Waals surface area contributed by atoms with Crippen LogP contribution in [-0.4, -0.2) is 23.8 Å². The highest BCUT2D eigenvalue weighted by Gasteiger charge is 2.14. The first-order valence-corrected chi connectivity index (χ1v) is 7.26. The lowest BCUT2D eigenvalue weighted by atomic mass is 10.2. The second-order valence-corrected chi connectivity index (χ2v) is 5.00. The maximum atomic E-state index is 12.4. The Balaban J connectivity index is 2.14. The molecule has 0 heterocycles. The lowest BCUT2D eigenvalue weighted by Gasteiger charge is -2.15. The minimum absolute atomic E-state index is 0.0671. The van der Waals surface area contributed by atoms with E-state index in [1.165, 1.54) is 37.4 Å². The number of alkyl halides is 2. The molecule has 0 saturated carbocycles. The molecular formula is C15H13F2N3O4S. The lowest BCUT2D eigenvalue weighted by molar-refractivity contribution is -0.384. The molecule has 0 radical (unpaired) electrons. The molecule has 0 unspecified atom stereocenters. The van der Waals surface area contributed by atoms with Crippen molar-refractivity contribution >= 4 is 34.4 Å². The first-order chi connectivity index (χ1) is 11.9. The highest BCUT2D eigenvalue weighted by Crippen LogP contribution is 2.30. The summed E-state index contributed by atoms with van der Waals surface area (Å²) in [4.78, 5) is 10.2. The van der Waals surface area contributed by atoms with Gasteiger partial charge in [0.2, 0.25) is 0 Å². The van der Waals surface area contributed by atoms with Crippen LogP contribution in [0.2, 0.25) is 0 Å². The molecule has 0 aromatic heterocycles. The van der Waals surface area contributed by atoms with Crippen LogP contribution >= 0.6 is 12.2 Å². The average Bonchev–Trinajstić information content (AvgIpc) is 2.56. The quantitative estimate of drug-likeness (QED) is 0.452. The molecule has 0 saturated heterocycles. The molecule has 7 nitrogen and oxygen atoms in total. The fourth-order valence-corrected chi connectivity index (χ4v) is 2.16. The van der Waals surface area contributed by atoms with Gasteiger partial charge in [-0.1, -0.05) is 12.1 Å². The zero-order valence-corrected chi connectivity index (χ0v) is 13.7. The number of benzene rings is 2. The van der Waals surface area contributed by atoms with Crippen LogP contribution < -0.4 is 20.1 Å². The first-order valence-electron chi connectivity index (χ1n) is 6.85. The SMILES string of the molecule is COc1cc([N+](=O)[O-])ccc1NC(=S)Nc1ccccc1OC(F)F. The number of methoxy groups -OCH3 is 1. The molecule has 0 bridgehead atoms. The number of nitro groups is 1. The molecule has 2 aromatic carbocycles. The van der Waals surface area contributed by atoms with Crippen LogP contribution in [0, 0.1) is 10.1 Å². The van der Waals surface area contributed by atoms with E-state index in [0.29, 0.717) is 5.69 Å². The number of nitrogens with zero attached hydrogens (tertiary/aromatic N) is 1. The third-order valence-corrected chi connectivity index (χ3v) is 3.20. The van der Waals surface area contributed by atoms with Crippen molar-refractivity contribution < 1.29 is 23.2 Å². The summed E-state index contributed by atoms with van der Waals surface area (Å²) in [5, 5.41) is 16.4. The highest BCUT2D eigenvalue weighted by molar-refractivity contribution is 7.80. The Morgan fingerprint density at radius 3 is 2.40 bits per heavy atom. The van der Waals surface area contributed by atoms with Crippen LogP contribution in [-0.2, 0) is 0 Å². The summed E-state index contributed by atoms with van der Waals surface area (Å²) in [5.74, 6) is 0.132. The van der Waals surface area contributed by atoms with Crippen molar-refractivity contribution in [2.75, 3.05) is 17.7 Å². The van der Waals surface area contributed by atoms with Crippen LogP contribution in [0.15, 0.2) is 42.5 Å². The molecule has 0 aliphatic carbocycles. The molecule has 0 aliphatic rings. The van der Waals surface area contributed by atoms with Crippen molar-refractivity contribution in [2.24, 2.45) is 0 Å². The summed E-state index contributed by atoms with van der Waals surface area (Å²) in [7, 11) is 1.35. The minimum Gasteiger partial charge on any atom is -0.494 e. The van der Waals surface area contributed by atoms with Crippen molar-refractivity contribution in [2.45, 2.75) is 6.61 Å². The normalized spacial score (nSPS) is 10.2. The van der Waals surface area contributed by atoms with Crippen LogP contribution in [0.3, 0.4) is 0 Å². The Labute approximate surface area is 146 Å². The fourth-order valence-electron chi connectivity index (χ4n) is 1.94. The van der Waals surface area contributed by atoms with E-state index in [1.807, 2.05) is 0 Å². The number of halogens is 2. The highest BCUT2D eigenvalue weighted by atomic mass is 32.1. The van der Waals surface area contributed by atoms with Gasteiger partial charge in [0.15, 0.2) is 5.11 Å². The predicted octanol–water partition coefficient (Wildman–Crippen LogP) is 4.01. The summed E-state index contributed by atoms with van der Waals surface area (Å²) in [6.07, 6.45) is 0. The average molecular weight is 369 g/mol. The van der Waals surface area contributed by atoms with Crippen LogP contribution in [0.1, 0.15) is 0 Å². The molecular weight excluding hydrogens is 356 g/mol. The van der Waals surface area contributed by atoms with E-state index in [-0.39, 0.29) is 28.0 Å². The van der Waals surface area contributed by atoms with Gasteiger partial charge in [-0.05, 0) is 30.4 Å². The summed E-state index contributed by atoms with van der Waals surface area (Å²) in [5.41, 5.74) is 0.469. The molecule has 0 spiro atoms. The summed E-state index contributed by atoms with van der Waals surface area (Å²) in [6.45, 7) is -2.97. The van der Waals surface area contributed by atoms with Gasteiger partial charge < -0.3 is 20.1 Å². The topological polar surface area (TPSA) is 85.7 Å². The largest absolute Gasteiger partial charge is 0.494 e. The predicted molar refractivity (Wildman–Crippen MR) is 92.6 cm³/mol. The molecule has 10 heteroatoms. The number of nitro benzene ring substituents is 1. The summed E-state index contributed by atoms with van der Waals surface area (Å²) in [6, 6.07) is 9.98. The smallest absolute Gasteiger partial charge is 0.387 e. The maximum absolute atomic E-state index is 12.4. The summed E-state index contributed by atoms with van der Waals surface area (Å²) < 4.78 is 34.3. The first kappa shape index (κ1) is 18.3. The van der Waals surface area contributed by atoms with E-state index in [9.17, 15) is 18.9 Å². The number of non-ortho nitro benzene ring substituents is 1. The van der Waals surface area contributed by atoms with Gasteiger partial charge in [-0.3, -0.25) is 10.1 Å². The fraction of sp³-hybridized carbons (Fsp3) is 0.133. The molecule has 0 fully saturated rings. The van der Waals surface area contributed by atoms with Crippen molar-refractivity contribution in [3.05, 3.63) is 52.6 Å². The number of anilines is 2. The number of rotatable bonds is 6. The number of ether oxygens (including phenoxy) is 2. The Morgan fingerprint density at radius 1 is 1.16 bits per heavy atom. The number of nitrogens with one attached hydrogen (secondary N) is 2. The van der Waals surface area contributed by atoms with Gasteiger partial charge in [-0.2, -0.15) is 8.78 Å². The number of hydrogen-bond acceptors (Lipinski definition) is 5. The Kier molecular flexibility index (Phi) is 6.01. The van der Waals surface area contributed by atoms with E-state index >= 15 is 0 Å². The van der Waals surface area contributed by atoms with Gasteiger partial charge in [0.25, 0.3) is 5.69 Å². The Morgan fingerprint density at radius 2 is 1.80 bits per heavy atom. The minimum atomic E-state index is -2.97. The molecule has 2 rings (SSSR count). The lowest BCUT2D eigenvalue weighted by Crippen LogP contribution is -2.20. The number of hydrogen-bond donors (Lipinski definition) is 2. The van der Waals surface area contributed by atoms with Gasteiger partial charge in [-0.25, -0.2) is 0 Å². The van der Waals surface area contributed by atoms with Crippen molar-refractivity contribution in [1.82, 2.24) is 0 Å². The van der Waals surface area contributed by atoms with Gasteiger partial charge in [0.1, 0.15) is 11.5 Å². The number of thiocarbonyl (C=S) groups is 1. The maximum Gasteiger partial charge on any atom is 0.387 e. The monoisotopic (exact) mass is 369 g/mol. The van der Waals surface area contributed by atoms with E-state index < -0.39 is 11.5 Å². The van der Waals surface area contributed by atoms with E-state index in [4.69, 9.17) is 17.0 Å². The van der Waals surface area contributed by atoms with E-state index in [1.54, 1.807) is 12.1 Å². The van der Waals surface area contributed by atoms with E-state index in [2.05, 4.69) is 15.4 Å². The Hall–Kier alpha value is -3.01. The van der Waals surface area contributed by atoms with Gasteiger partial charge in [-0.15, -0.1) is 0 Å². The Bertz CT molecular complexity index is 789. The molecule has 0 amide bonds. The van der Waals surface area contributed by atoms with Crippen molar-refractivity contribution in [3.8, 4) is 11.5 Å². The molecule has 25 heavy (non-hydrogen) atoms. The van der Waals surface area contributed by atoms with Crippen LogP contribution in [0.25, 0.3) is 0 Å². The summed E-state index contributed by atoms with van der Waals surface area (Å²) >= 11 is 5.13. The van der Waals surface area contributed by atoms with Gasteiger partial charge >= 0.3 is 6.61 Å².